The van der Waals surface area contributed by atoms with Gasteiger partial charge < -0.3 is 24.4 Å². The normalized spacial score (nSPS) is 28.9. The maximum Gasteiger partial charge on any atom is 0.173 e. The van der Waals surface area contributed by atoms with Gasteiger partial charge in [-0.2, -0.15) is 0 Å². The molecule has 2 N–H and O–H groups in total. The van der Waals surface area contributed by atoms with E-state index in [1.807, 2.05) is 13.8 Å². The molecule has 1 aromatic heterocycles. The number of rotatable bonds is 3. The van der Waals surface area contributed by atoms with Gasteiger partial charge in [-0.05, 0) is 18.9 Å². The van der Waals surface area contributed by atoms with Crippen LogP contribution in [0.3, 0.4) is 0 Å². The van der Waals surface area contributed by atoms with Gasteiger partial charge in [-0.3, -0.25) is 4.98 Å². The number of methoxy groups -OCH3 is 1. The Hall–Kier alpha value is -1.21. The van der Waals surface area contributed by atoms with Crippen molar-refractivity contribution in [2.75, 3.05) is 20.3 Å². The lowest BCUT2D eigenvalue weighted by atomic mass is 9.64. The number of ether oxygens (including phenoxy) is 3. The van der Waals surface area contributed by atoms with Crippen LogP contribution in [0.1, 0.15) is 44.4 Å². The lowest BCUT2D eigenvalue weighted by Crippen LogP contribution is -2.54. The molecule has 1 unspecified atom stereocenters. The summed E-state index contributed by atoms with van der Waals surface area (Å²) < 4.78 is 16.9. The molecule has 1 spiro atoms. The molecule has 3 rings (SSSR count). The van der Waals surface area contributed by atoms with Crippen LogP contribution in [0.15, 0.2) is 12.3 Å². The van der Waals surface area contributed by atoms with Crippen molar-refractivity contribution in [3.63, 3.8) is 0 Å². The zero-order chi connectivity index (χ0) is 16.7. The molecule has 2 heterocycles. The Balaban J connectivity index is 1.94. The zero-order valence-corrected chi connectivity index (χ0v) is 14.0. The number of hydrogen-bond donors (Lipinski definition) is 2. The predicted octanol–water partition coefficient (Wildman–Crippen LogP) is 1.72. The van der Waals surface area contributed by atoms with Gasteiger partial charge in [0.2, 0.25) is 0 Å². The molecule has 2 aliphatic rings. The van der Waals surface area contributed by atoms with Crippen LogP contribution in [-0.4, -0.2) is 41.3 Å². The van der Waals surface area contributed by atoms with Crippen molar-refractivity contribution in [2.24, 2.45) is 5.41 Å². The van der Waals surface area contributed by atoms with Gasteiger partial charge in [-0.25, -0.2) is 0 Å². The summed E-state index contributed by atoms with van der Waals surface area (Å²) in [4.78, 5) is 4.38. The Bertz CT molecular complexity index is 582. The molecular formula is C17H25NO5. The van der Waals surface area contributed by atoms with Crippen molar-refractivity contribution in [1.29, 1.82) is 0 Å². The first-order valence-electron chi connectivity index (χ1n) is 8.00. The van der Waals surface area contributed by atoms with E-state index in [-0.39, 0.29) is 12.0 Å². The van der Waals surface area contributed by atoms with Crippen LogP contribution in [-0.2, 0) is 21.7 Å². The molecule has 1 saturated carbocycles. The molecule has 2 fully saturated rings. The minimum absolute atomic E-state index is 0.194. The van der Waals surface area contributed by atoms with Crippen molar-refractivity contribution in [1.82, 2.24) is 4.98 Å². The number of nitrogens with zero attached hydrogens (tertiary/aromatic N) is 1. The van der Waals surface area contributed by atoms with Crippen molar-refractivity contribution in [3.8, 4) is 5.75 Å². The van der Waals surface area contributed by atoms with E-state index in [0.717, 1.165) is 0 Å². The number of aromatic nitrogens is 1. The fourth-order valence-corrected chi connectivity index (χ4v) is 4.00. The number of hydrogen-bond acceptors (Lipinski definition) is 6. The highest BCUT2D eigenvalue weighted by molar-refractivity contribution is 5.33. The molecule has 1 saturated heterocycles. The molecule has 23 heavy (non-hydrogen) atoms. The van der Waals surface area contributed by atoms with Gasteiger partial charge in [0.25, 0.3) is 0 Å². The minimum atomic E-state index is -1.12. The summed E-state index contributed by atoms with van der Waals surface area (Å²) in [6.45, 7) is 5.07. The van der Waals surface area contributed by atoms with E-state index in [1.165, 1.54) is 0 Å². The lowest BCUT2D eigenvalue weighted by molar-refractivity contribution is -0.273. The Kier molecular flexibility index (Phi) is 4.13. The molecular weight excluding hydrogens is 298 g/mol. The van der Waals surface area contributed by atoms with Gasteiger partial charge in [0.05, 0.1) is 38.8 Å². The van der Waals surface area contributed by atoms with Crippen LogP contribution in [0.4, 0.5) is 0 Å². The summed E-state index contributed by atoms with van der Waals surface area (Å²) >= 11 is 0. The molecule has 0 amide bonds. The van der Waals surface area contributed by atoms with Gasteiger partial charge in [-0.1, -0.05) is 13.8 Å². The predicted molar refractivity (Wildman–Crippen MR) is 82.9 cm³/mol. The zero-order valence-electron chi connectivity index (χ0n) is 14.0. The summed E-state index contributed by atoms with van der Waals surface area (Å²) in [5.74, 6) is -0.0687. The smallest absolute Gasteiger partial charge is 0.173 e. The van der Waals surface area contributed by atoms with E-state index < -0.39 is 11.4 Å². The van der Waals surface area contributed by atoms with Crippen LogP contribution >= 0.6 is 0 Å². The summed E-state index contributed by atoms with van der Waals surface area (Å²) in [7, 11) is 1.55. The van der Waals surface area contributed by atoms with Crippen LogP contribution < -0.4 is 4.74 Å². The standard InChI is InChI=1S/C17H25NO5/c1-15(2)11-16(20,4-5-17(15)22-6-7-23-17)14-12(10-19)8-13(21-3)9-18-14/h8-9,19-20H,4-7,10-11H2,1-3H3. The first-order chi connectivity index (χ1) is 10.9. The third kappa shape index (κ3) is 2.63. The van der Waals surface area contributed by atoms with Crippen molar-refractivity contribution < 1.29 is 24.4 Å². The fourth-order valence-electron chi connectivity index (χ4n) is 4.00. The minimum Gasteiger partial charge on any atom is -0.495 e. The highest BCUT2D eigenvalue weighted by Gasteiger charge is 2.58. The van der Waals surface area contributed by atoms with Crippen molar-refractivity contribution in [2.45, 2.75) is 51.1 Å². The third-order valence-electron chi connectivity index (χ3n) is 5.18. The van der Waals surface area contributed by atoms with Crippen LogP contribution in [0.5, 0.6) is 5.75 Å². The third-order valence-corrected chi connectivity index (χ3v) is 5.18. The monoisotopic (exact) mass is 323 g/mol. The van der Waals surface area contributed by atoms with Crippen LogP contribution in [0.25, 0.3) is 0 Å². The van der Waals surface area contributed by atoms with E-state index in [0.29, 0.717) is 49.5 Å². The van der Waals surface area contributed by atoms with E-state index in [4.69, 9.17) is 14.2 Å². The first kappa shape index (κ1) is 16.6. The van der Waals surface area contributed by atoms with Crippen molar-refractivity contribution in [3.05, 3.63) is 23.5 Å². The average molecular weight is 323 g/mol. The second-order valence-corrected chi connectivity index (χ2v) is 7.08. The van der Waals surface area contributed by atoms with Gasteiger partial charge in [0, 0.05) is 17.4 Å². The molecule has 0 aromatic carbocycles. The molecule has 1 aliphatic heterocycles. The average Bonchev–Trinajstić information content (AvgIpc) is 3.01. The van der Waals surface area contributed by atoms with E-state index in [9.17, 15) is 10.2 Å². The maximum absolute atomic E-state index is 11.3. The largest absolute Gasteiger partial charge is 0.495 e. The maximum atomic E-state index is 11.3. The van der Waals surface area contributed by atoms with Gasteiger partial charge >= 0.3 is 0 Å². The number of aliphatic hydroxyl groups is 2. The molecule has 6 heteroatoms. The lowest BCUT2D eigenvalue weighted by Gasteiger charge is -2.51. The highest BCUT2D eigenvalue weighted by atomic mass is 16.7. The van der Waals surface area contributed by atoms with Gasteiger partial charge in [0.15, 0.2) is 5.79 Å². The molecule has 1 aliphatic carbocycles. The molecule has 128 valence electrons. The van der Waals surface area contributed by atoms with E-state index in [2.05, 4.69) is 4.98 Å². The van der Waals surface area contributed by atoms with Crippen molar-refractivity contribution >= 4 is 0 Å². The molecule has 6 nitrogen and oxygen atoms in total. The molecule has 1 atom stereocenters. The van der Waals surface area contributed by atoms with Gasteiger partial charge in [0.1, 0.15) is 11.4 Å². The second kappa shape index (κ2) is 5.70. The molecule has 0 radical (unpaired) electrons. The summed E-state index contributed by atoms with van der Waals surface area (Å²) in [5.41, 5.74) is -0.382. The Labute approximate surface area is 136 Å². The second-order valence-electron chi connectivity index (χ2n) is 7.08. The van der Waals surface area contributed by atoms with E-state index >= 15 is 0 Å². The Morgan fingerprint density at radius 1 is 1.26 bits per heavy atom. The molecule has 0 bridgehead atoms. The summed E-state index contributed by atoms with van der Waals surface area (Å²) in [6.07, 6.45) is 3.09. The quantitative estimate of drug-likeness (QED) is 0.881. The van der Waals surface area contributed by atoms with Crippen LogP contribution in [0.2, 0.25) is 0 Å². The number of aliphatic hydroxyl groups excluding tert-OH is 1. The van der Waals surface area contributed by atoms with Gasteiger partial charge in [-0.15, -0.1) is 0 Å². The van der Waals surface area contributed by atoms with Crippen LogP contribution in [0, 0.1) is 5.41 Å². The summed E-state index contributed by atoms with van der Waals surface area (Å²) in [5, 5.41) is 20.9. The summed E-state index contributed by atoms with van der Waals surface area (Å²) in [6, 6.07) is 1.72. The van der Waals surface area contributed by atoms with E-state index in [1.54, 1.807) is 19.4 Å². The molecule has 1 aromatic rings. The highest BCUT2D eigenvalue weighted by Crippen LogP contribution is 2.55. The fraction of sp³-hybridized carbons (Fsp3) is 0.706. The Morgan fingerprint density at radius 2 is 1.96 bits per heavy atom. The first-order valence-corrected chi connectivity index (χ1v) is 8.00. The number of pyridine rings is 1. The SMILES string of the molecule is COc1cnc(C2(O)CCC3(OCCO3)C(C)(C)C2)c(CO)c1. The topological polar surface area (TPSA) is 81.0 Å². The Morgan fingerprint density at radius 3 is 2.52 bits per heavy atom.